The molecule has 1 N–H and O–H groups in total. The van der Waals surface area contributed by atoms with Crippen molar-refractivity contribution in [3.05, 3.63) is 28.2 Å². The maximum atomic E-state index is 11.1. The Hall–Kier alpha value is -1.49. The topological polar surface area (TPSA) is 67.3 Å². The van der Waals surface area contributed by atoms with Gasteiger partial charge in [-0.15, -0.1) is 11.3 Å². The van der Waals surface area contributed by atoms with Gasteiger partial charge in [0, 0.05) is 5.38 Å². The Bertz CT molecular complexity index is 367. The summed E-state index contributed by atoms with van der Waals surface area (Å²) in [6, 6.07) is 0. The number of carboxylic acid groups (broad SMARTS) is 1. The van der Waals surface area contributed by atoms with E-state index in [4.69, 9.17) is 5.11 Å². The number of allylic oxidation sites excluding steroid dienone is 2. The molecule has 0 saturated heterocycles. The van der Waals surface area contributed by atoms with Gasteiger partial charge in [0.15, 0.2) is 10.7 Å². The van der Waals surface area contributed by atoms with Crippen LogP contribution in [-0.2, 0) is 0 Å². The number of hydrogen-bond acceptors (Lipinski definition) is 4. The number of aromatic nitrogens is 1. The van der Waals surface area contributed by atoms with E-state index < -0.39 is 5.97 Å². The van der Waals surface area contributed by atoms with Crippen LogP contribution in [0.25, 0.3) is 0 Å². The van der Waals surface area contributed by atoms with E-state index in [1.807, 2.05) is 0 Å². The Morgan fingerprint density at radius 2 is 2.31 bits per heavy atom. The van der Waals surface area contributed by atoms with Crippen LogP contribution in [0.3, 0.4) is 0 Å². The first-order chi connectivity index (χ1) is 6.15. The fraction of sp³-hybridized carbons (Fsp3) is 0.125. The molecule has 0 radical (unpaired) electrons. The number of carboxylic acids is 1. The lowest BCUT2D eigenvalue weighted by Crippen LogP contribution is -1.99. The normalized spacial score (nSPS) is 10.5. The summed E-state index contributed by atoms with van der Waals surface area (Å²) in [4.78, 5) is 25.2. The molecule has 5 heteroatoms. The van der Waals surface area contributed by atoms with Crippen LogP contribution in [0.1, 0.15) is 27.2 Å². The quantitative estimate of drug-likeness (QED) is 0.590. The van der Waals surface area contributed by atoms with Gasteiger partial charge in [-0.3, -0.25) is 4.79 Å². The van der Waals surface area contributed by atoms with Crippen molar-refractivity contribution < 1.29 is 14.7 Å². The minimum absolute atomic E-state index is 0.0853. The van der Waals surface area contributed by atoms with Crippen LogP contribution in [0, 0.1) is 0 Å². The molecule has 1 aromatic rings. The smallest absolute Gasteiger partial charge is 0.355 e. The van der Waals surface area contributed by atoms with Crippen LogP contribution in [0.2, 0.25) is 0 Å². The molecule has 0 bridgehead atoms. The van der Waals surface area contributed by atoms with Crippen molar-refractivity contribution in [2.75, 3.05) is 0 Å². The van der Waals surface area contributed by atoms with Crippen molar-refractivity contribution in [1.29, 1.82) is 0 Å². The second-order valence-corrected chi connectivity index (χ2v) is 3.07. The zero-order valence-corrected chi connectivity index (χ0v) is 7.67. The molecule has 0 amide bonds. The number of aromatic carboxylic acids is 1. The van der Waals surface area contributed by atoms with Crippen molar-refractivity contribution >= 4 is 23.1 Å². The predicted molar refractivity (Wildman–Crippen MR) is 48.2 cm³/mol. The molecule has 0 aromatic carbocycles. The van der Waals surface area contributed by atoms with Crippen LogP contribution in [0.5, 0.6) is 0 Å². The number of carbonyl (C=O) groups excluding carboxylic acids is 1. The van der Waals surface area contributed by atoms with Crippen LogP contribution in [-0.4, -0.2) is 21.8 Å². The number of nitrogens with zero attached hydrogens (tertiary/aromatic N) is 1. The van der Waals surface area contributed by atoms with Crippen molar-refractivity contribution in [3.63, 3.8) is 0 Å². The van der Waals surface area contributed by atoms with Crippen LogP contribution in [0.4, 0.5) is 0 Å². The molecule has 68 valence electrons. The molecular weight excluding hydrogens is 190 g/mol. The van der Waals surface area contributed by atoms with E-state index in [-0.39, 0.29) is 16.5 Å². The number of thiazole rings is 1. The van der Waals surface area contributed by atoms with E-state index in [0.717, 1.165) is 11.3 Å². The molecule has 0 aliphatic rings. The molecule has 0 saturated carbocycles. The third-order valence-corrected chi connectivity index (χ3v) is 2.11. The third kappa shape index (κ3) is 2.22. The highest BCUT2D eigenvalue weighted by Crippen LogP contribution is 2.10. The van der Waals surface area contributed by atoms with Crippen molar-refractivity contribution in [1.82, 2.24) is 4.98 Å². The molecule has 13 heavy (non-hydrogen) atoms. The van der Waals surface area contributed by atoms with Gasteiger partial charge in [-0.2, -0.15) is 0 Å². The molecule has 1 rings (SSSR count). The minimum Gasteiger partial charge on any atom is -0.476 e. The number of rotatable bonds is 3. The third-order valence-electron chi connectivity index (χ3n) is 1.25. The van der Waals surface area contributed by atoms with Gasteiger partial charge in [0.25, 0.3) is 0 Å². The van der Waals surface area contributed by atoms with Gasteiger partial charge in [0.05, 0.1) is 0 Å². The summed E-state index contributed by atoms with van der Waals surface area (Å²) >= 11 is 1.03. The molecule has 0 aliphatic heterocycles. The fourth-order valence-electron chi connectivity index (χ4n) is 0.708. The van der Waals surface area contributed by atoms with E-state index in [1.165, 1.54) is 11.5 Å². The second-order valence-electron chi connectivity index (χ2n) is 2.21. The highest BCUT2D eigenvalue weighted by Gasteiger charge is 2.11. The summed E-state index contributed by atoms with van der Waals surface area (Å²) in [5.74, 6) is -1.38. The van der Waals surface area contributed by atoms with E-state index in [1.54, 1.807) is 13.0 Å². The summed E-state index contributed by atoms with van der Waals surface area (Å²) in [5, 5.41) is 10.1. The van der Waals surface area contributed by atoms with E-state index >= 15 is 0 Å². The number of hydrogen-bond donors (Lipinski definition) is 1. The van der Waals surface area contributed by atoms with Gasteiger partial charge in [-0.25, -0.2) is 9.78 Å². The molecule has 0 atom stereocenters. The average Bonchev–Trinajstić information content (AvgIpc) is 2.52. The number of carbonyl (C=O) groups is 2. The maximum Gasteiger partial charge on any atom is 0.355 e. The van der Waals surface area contributed by atoms with E-state index in [0.29, 0.717) is 0 Å². The van der Waals surface area contributed by atoms with Gasteiger partial charge in [0.2, 0.25) is 5.78 Å². The van der Waals surface area contributed by atoms with Gasteiger partial charge in [-0.05, 0) is 13.0 Å². The van der Waals surface area contributed by atoms with Crippen molar-refractivity contribution in [2.24, 2.45) is 0 Å². The molecular formula is C8H7NO3S. The molecule has 0 aliphatic carbocycles. The lowest BCUT2D eigenvalue weighted by Gasteiger charge is -1.84. The first kappa shape index (κ1) is 9.60. The minimum atomic E-state index is -1.12. The molecule has 0 unspecified atom stereocenters. The summed E-state index contributed by atoms with van der Waals surface area (Å²) in [6.07, 6.45) is 2.94. The fourth-order valence-corrected chi connectivity index (χ4v) is 1.42. The van der Waals surface area contributed by atoms with Gasteiger partial charge >= 0.3 is 5.97 Å². The predicted octanol–water partition coefficient (Wildman–Crippen LogP) is 1.60. The average molecular weight is 197 g/mol. The highest BCUT2D eigenvalue weighted by molar-refractivity contribution is 7.12. The first-order valence-corrected chi connectivity index (χ1v) is 4.39. The molecule has 1 heterocycles. The Morgan fingerprint density at radius 1 is 1.62 bits per heavy atom. The Kier molecular flexibility index (Phi) is 2.92. The Morgan fingerprint density at radius 3 is 2.77 bits per heavy atom. The number of ketones is 1. The summed E-state index contributed by atoms with van der Waals surface area (Å²) < 4.78 is 0. The summed E-state index contributed by atoms with van der Waals surface area (Å²) in [6.45, 7) is 1.71. The lowest BCUT2D eigenvalue weighted by molar-refractivity contribution is 0.0691. The summed E-state index contributed by atoms with van der Waals surface area (Å²) in [7, 11) is 0. The largest absolute Gasteiger partial charge is 0.476 e. The Balaban J connectivity index is 2.92. The Labute approximate surface area is 78.5 Å². The second kappa shape index (κ2) is 3.95. The molecule has 1 aromatic heterocycles. The van der Waals surface area contributed by atoms with E-state index in [9.17, 15) is 9.59 Å². The molecule has 0 spiro atoms. The van der Waals surface area contributed by atoms with Crippen LogP contribution >= 0.6 is 11.3 Å². The maximum absolute atomic E-state index is 11.1. The van der Waals surface area contributed by atoms with E-state index in [2.05, 4.69) is 4.98 Å². The van der Waals surface area contributed by atoms with Crippen molar-refractivity contribution in [3.8, 4) is 0 Å². The lowest BCUT2D eigenvalue weighted by atomic mass is 10.4. The van der Waals surface area contributed by atoms with Gasteiger partial charge in [-0.1, -0.05) is 6.08 Å². The highest BCUT2D eigenvalue weighted by atomic mass is 32.1. The first-order valence-electron chi connectivity index (χ1n) is 3.51. The molecule has 4 nitrogen and oxygen atoms in total. The van der Waals surface area contributed by atoms with Crippen molar-refractivity contribution in [2.45, 2.75) is 6.92 Å². The zero-order valence-electron chi connectivity index (χ0n) is 6.85. The van der Waals surface area contributed by atoms with Crippen LogP contribution < -0.4 is 0 Å². The van der Waals surface area contributed by atoms with Crippen LogP contribution in [0.15, 0.2) is 17.5 Å². The van der Waals surface area contributed by atoms with Gasteiger partial charge in [0.1, 0.15) is 0 Å². The molecule has 0 fully saturated rings. The van der Waals surface area contributed by atoms with Gasteiger partial charge < -0.3 is 5.11 Å². The monoisotopic (exact) mass is 197 g/mol. The SMILES string of the molecule is C/C=C/C(=O)c1nc(C(=O)O)cs1. The summed E-state index contributed by atoms with van der Waals surface area (Å²) in [5.41, 5.74) is -0.0853. The standard InChI is InChI=1S/C8H7NO3S/c1-2-3-6(10)7-9-5(4-13-7)8(11)12/h2-4H,1H3,(H,11,12)/b3-2+. The zero-order chi connectivity index (χ0) is 9.84.